The fourth-order valence-electron chi connectivity index (χ4n) is 1.88. The van der Waals surface area contributed by atoms with E-state index in [2.05, 4.69) is 5.32 Å². The van der Waals surface area contributed by atoms with Crippen molar-refractivity contribution in [3.8, 4) is 0 Å². The summed E-state index contributed by atoms with van der Waals surface area (Å²) < 4.78 is 5.00. The van der Waals surface area contributed by atoms with Crippen LogP contribution in [0.2, 0.25) is 5.02 Å². The zero-order chi connectivity index (χ0) is 17.7. The monoisotopic (exact) mass is 348 g/mol. The average Bonchev–Trinajstić information content (AvgIpc) is 2.56. The highest BCUT2D eigenvalue weighted by atomic mass is 35.5. The number of carbonyl (C=O) groups excluding carboxylic acids is 2. The summed E-state index contributed by atoms with van der Waals surface area (Å²) in [7, 11) is 0. The van der Waals surface area contributed by atoms with E-state index in [-0.39, 0.29) is 11.3 Å². The maximum absolute atomic E-state index is 12.1. The summed E-state index contributed by atoms with van der Waals surface area (Å²) in [5, 5.41) is 13.8. The molecule has 0 aliphatic rings. The quantitative estimate of drug-likeness (QED) is 0.507. The van der Waals surface area contributed by atoms with Crippen LogP contribution < -0.4 is 5.32 Å². The number of nitro groups is 1. The van der Waals surface area contributed by atoms with Gasteiger partial charge in [0.1, 0.15) is 5.56 Å². The molecule has 0 saturated carbocycles. The zero-order valence-electron chi connectivity index (χ0n) is 12.6. The minimum atomic E-state index is -1.16. The third-order valence-electron chi connectivity index (χ3n) is 3.11. The van der Waals surface area contributed by atoms with E-state index < -0.39 is 22.9 Å². The van der Waals surface area contributed by atoms with E-state index in [4.69, 9.17) is 16.3 Å². The van der Waals surface area contributed by atoms with Crippen molar-refractivity contribution in [2.75, 3.05) is 5.32 Å². The van der Waals surface area contributed by atoms with Crippen LogP contribution in [0.4, 0.5) is 11.4 Å². The number of benzene rings is 2. The van der Waals surface area contributed by atoms with Crippen molar-refractivity contribution < 1.29 is 19.2 Å². The van der Waals surface area contributed by atoms with E-state index in [9.17, 15) is 19.7 Å². The van der Waals surface area contributed by atoms with Gasteiger partial charge in [-0.1, -0.05) is 35.9 Å². The SMILES string of the molecule is C[C@@H](OC(=O)c1ccccc1[N+](=O)[O-])C(=O)Nc1ccccc1Cl. The highest BCUT2D eigenvalue weighted by Gasteiger charge is 2.25. The lowest BCUT2D eigenvalue weighted by atomic mass is 10.2. The summed E-state index contributed by atoms with van der Waals surface area (Å²) >= 11 is 5.93. The van der Waals surface area contributed by atoms with Crippen LogP contribution in [0.3, 0.4) is 0 Å². The minimum Gasteiger partial charge on any atom is -0.449 e. The van der Waals surface area contributed by atoms with Gasteiger partial charge in [0.25, 0.3) is 11.6 Å². The molecular formula is C16H13ClN2O5. The molecular weight excluding hydrogens is 336 g/mol. The van der Waals surface area contributed by atoms with Crippen LogP contribution in [0, 0.1) is 10.1 Å². The number of nitrogens with one attached hydrogen (secondary N) is 1. The molecule has 1 amide bonds. The Labute approximate surface area is 142 Å². The van der Waals surface area contributed by atoms with Crippen molar-refractivity contribution in [1.82, 2.24) is 0 Å². The van der Waals surface area contributed by atoms with Gasteiger partial charge in [-0.05, 0) is 25.1 Å². The van der Waals surface area contributed by atoms with Gasteiger partial charge < -0.3 is 10.1 Å². The number of halogens is 1. The lowest BCUT2D eigenvalue weighted by Gasteiger charge is -2.14. The number of carbonyl (C=O) groups is 2. The van der Waals surface area contributed by atoms with Gasteiger partial charge in [0.05, 0.1) is 15.6 Å². The number of nitro benzene ring substituents is 1. The number of hydrogen-bond acceptors (Lipinski definition) is 5. The molecule has 2 aromatic rings. The highest BCUT2D eigenvalue weighted by Crippen LogP contribution is 2.22. The number of nitrogens with zero attached hydrogens (tertiary/aromatic N) is 1. The Morgan fingerprint density at radius 3 is 2.46 bits per heavy atom. The van der Waals surface area contributed by atoms with Crippen molar-refractivity contribution in [2.45, 2.75) is 13.0 Å². The molecule has 8 heteroatoms. The predicted molar refractivity (Wildman–Crippen MR) is 88.1 cm³/mol. The third kappa shape index (κ3) is 4.08. The topological polar surface area (TPSA) is 98.5 Å². The summed E-state index contributed by atoms with van der Waals surface area (Å²) in [5.41, 5.74) is -0.237. The molecule has 0 aliphatic carbocycles. The second kappa shape index (κ2) is 7.56. The lowest BCUT2D eigenvalue weighted by Crippen LogP contribution is -2.30. The summed E-state index contributed by atoms with van der Waals surface area (Å²) in [6.45, 7) is 1.36. The molecule has 0 unspecified atom stereocenters. The number of para-hydroxylation sites is 2. The molecule has 0 aromatic heterocycles. The standard InChI is InChI=1S/C16H13ClN2O5/c1-10(15(20)18-13-8-4-3-7-12(13)17)24-16(21)11-6-2-5-9-14(11)19(22)23/h2-10H,1H3,(H,18,20)/t10-/m1/s1. The van der Waals surface area contributed by atoms with Crippen LogP contribution in [0.5, 0.6) is 0 Å². The Morgan fingerprint density at radius 2 is 1.79 bits per heavy atom. The number of hydrogen-bond donors (Lipinski definition) is 1. The number of anilines is 1. The zero-order valence-corrected chi connectivity index (χ0v) is 13.3. The molecule has 24 heavy (non-hydrogen) atoms. The van der Waals surface area contributed by atoms with E-state index in [0.717, 1.165) is 0 Å². The molecule has 2 aromatic carbocycles. The van der Waals surface area contributed by atoms with Crippen LogP contribution >= 0.6 is 11.6 Å². The van der Waals surface area contributed by atoms with Crippen molar-refractivity contribution in [1.29, 1.82) is 0 Å². The van der Waals surface area contributed by atoms with Crippen LogP contribution in [0.1, 0.15) is 17.3 Å². The average molecular weight is 349 g/mol. The van der Waals surface area contributed by atoms with E-state index in [1.807, 2.05) is 0 Å². The van der Waals surface area contributed by atoms with Crippen molar-refractivity contribution in [2.24, 2.45) is 0 Å². The Bertz CT molecular complexity index is 794. The van der Waals surface area contributed by atoms with Gasteiger partial charge in [-0.2, -0.15) is 0 Å². The van der Waals surface area contributed by atoms with E-state index >= 15 is 0 Å². The molecule has 2 rings (SSSR count). The van der Waals surface area contributed by atoms with Crippen molar-refractivity contribution in [3.05, 3.63) is 69.2 Å². The lowest BCUT2D eigenvalue weighted by molar-refractivity contribution is -0.385. The van der Waals surface area contributed by atoms with Crippen molar-refractivity contribution >= 4 is 34.9 Å². The predicted octanol–water partition coefficient (Wildman–Crippen LogP) is 3.43. The van der Waals surface area contributed by atoms with Crippen LogP contribution in [-0.2, 0) is 9.53 Å². The van der Waals surface area contributed by atoms with Crippen molar-refractivity contribution in [3.63, 3.8) is 0 Å². The number of amides is 1. The van der Waals surface area contributed by atoms with E-state index in [1.54, 1.807) is 24.3 Å². The smallest absolute Gasteiger partial charge is 0.345 e. The first-order chi connectivity index (χ1) is 11.4. The number of ether oxygens (including phenoxy) is 1. The number of esters is 1. The summed E-state index contributed by atoms with van der Waals surface area (Å²) in [6.07, 6.45) is -1.16. The fraction of sp³-hybridized carbons (Fsp3) is 0.125. The first-order valence-electron chi connectivity index (χ1n) is 6.90. The Kier molecular flexibility index (Phi) is 5.49. The van der Waals surface area contributed by atoms with Gasteiger partial charge in [0, 0.05) is 6.07 Å². The molecule has 1 atom stereocenters. The molecule has 0 heterocycles. The van der Waals surface area contributed by atoms with E-state index in [1.165, 1.54) is 31.2 Å². The van der Waals surface area contributed by atoms with Crippen LogP contribution in [0.15, 0.2) is 48.5 Å². The third-order valence-corrected chi connectivity index (χ3v) is 3.44. The highest BCUT2D eigenvalue weighted by molar-refractivity contribution is 6.33. The van der Waals surface area contributed by atoms with Crippen LogP contribution in [-0.4, -0.2) is 22.9 Å². The summed E-state index contributed by atoms with van der Waals surface area (Å²) in [4.78, 5) is 34.4. The summed E-state index contributed by atoms with van der Waals surface area (Å²) in [6, 6.07) is 11.9. The molecule has 0 aliphatic heterocycles. The molecule has 1 N–H and O–H groups in total. The summed E-state index contributed by atoms with van der Waals surface area (Å²) in [5.74, 6) is -1.56. The van der Waals surface area contributed by atoms with E-state index in [0.29, 0.717) is 10.7 Å². The number of rotatable bonds is 5. The van der Waals surface area contributed by atoms with Gasteiger partial charge in [-0.15, -0.1) is 0 Å². The molecule has 7 nitrogen and oxygen atoms in total. The Morgan fingerprint density at radius 1 is 1.17 bits per heavy atom. The molecule has 0 fully saturated rings. The van der Waals surface area contributed by atoms with Gasteiger partial charge in [0.15, 0.2) is 6.10 Å². The maximum Gasteiger partial charge on any atom is 0.345 e. The second-order valence-electron chi connectivity index (χ2n) is 4.79. The minimum absolute atomic E-state index is 0.222. The van der Waals surface area contributed by atoms with Gasteiger partial charge in [-0.3, -0.25) is 14.9 Å². The molecule has 0 bridgehead atoms. The largest absolute Gasteiger partial charge is 0.449 e. The first kappa shape index (κ1) is 17.4. The molecule has 0 radical (unpaired) electrons. The molecule has 0 saturated heterocycles. The maximum atomic E-state index is 12.1. The Balaban J connectivity index is 2.08. The fourth-order valence-corrected chi connectivity index (χ4v) is 2.06. The van der Waals surface area contributed by atoms with Gasteiger partial charge in [0.2, 0.25) is 0 Å². The molecule has 0 spiro atoms. The van der Waals surface area contributed by atoms with Crippen LogP contribution in [0.25, 0.3) is 0 Å². The van der Waals surface area contributed by atoms with Gasteiger partial charge in [-0.25, -0.2) is 4.79 Å². The normalized spacial score (nSPS) is 11.4. The molecule has 124 valence electrons. The van der Waals surface area contributed by atoms with Gasteiger partial charge >= 0.3 is 5.97 Å². The second-order valence-corrected chi connectivity index (χ2v) is 5.20. The first-order valence-corrected chi connectivity index (χ1v) is 7.27. The Hall–Kier alpha value is -2.93.